The number of hydrogen-bond acceptors (Lipinski definition) is 4. The summed E-state index contributed by atoms with van der Waals surface area (Å²) < 4.78 is 62.9. The number of rotatable bonds is 7. The molecule has 1 unspecified atom stereocenters. The van der Waals surface area contributed by atoms with Crippen molar-refractivity contribution >= 4 is 21.9 Å². The second kappa shape index (κ2) is 8.00. The SMILES string of the molecule is C#CCNS(=O)(=O)c1cccc(C(=O)NC(CC(F)(F)F)C(=O)O)c1. The molecule has 1 amide bonds. The maximum Gasteiger partial charge on any atom is 0.391 e. The molecule has 3 N–H and O–H groups in total. The molecule has 25 heavy (non-hydrogen) atoms. The van der Waals surface area contributed by atoms with E-state index in [1.165, 1.54) is 6.07 Å². The maximum atomic E-state index is 12.3. The Hall–Kier alpha value is -2.58. The summed E-state index contributed by atoms with van der Waals surface area (Å²) in [6, 6.07) is 2.13. The molecule has 0 saturated carbocycles. The monoisotopic (exact) mass is 378 g/mol. The molecule has 0 spiro atoms. The van der Waals surface area contributed by atoms with Crippen LogP contribution in [0.25, 0.3) is 0 Å². The molecule has 1 aromatic carbocycles. The van der Waals surface area contributed by atoms with Gasteiger partial charge in [0.25, 0.3) is 5.91 Å². The van der Waals surface area contributed by atoms with Gasteiger partial charge in [-0.3, -0.25) is 4.79 Å². The number of amides is 1. The standard InChI is InChI=1S/C14H13F3N2O5S/c1-2-6-18-25(23,24)10-5-3-4-9(7-10)12(20)19-11(13(21)22)8-14(15,16)17/h1,3-5,7,11,18H,6,8H2,(H,19,20)(H,21,22). The van der Waals surface area contributed by atoms with Crippen molar-refractivity contribution in [3.63, 3.8) is 0 Å². The number of carbonyl (C=O) groups excluding carboxylic acids is 1. The van der Waals surface area contributed by atoms with Gasteiger partial charge >= 0.3 is 12.1 Å². The zero-order chi connectivity index (χ0) is 19.3. The van der Waals surface area contributed by atoms with Crippen LogP contribution in [0.3, 0.4) is 0 Å². The predicted octanol–water partition coefficient (Wildman–Crippen LogP) is 0.734. The number of alkyl halides is 3. The number of carbonyl (C=O) groups is 2. The molecule has 0 heterocycles. The van der Waals surface area contributed by atoms with Crippen molar-refractivity contribution in [2.45, 2.75) is 23.5 Å². The minimum absolute atomic E-state index is 0.300. The van der Waals surface area contributed by atoms with Crippen LogP contribution in [0.1, 0.15) is 16.8 Å². The second-order valence-electron chi connectivity index (χ2n) is 4.74. The summed E-state index contributed by atoms with van der Waals surface area (Å²) in [6.45, 7) is -0.300. The second-order valence-corrected chi connectivity index (χ2v) is 6.51. The normalized spacial score (nSPS) is 12.9. The van der Waals surface area contributed by atoms with Crippen molar-refractivity contribution in [2.75, 3.05) is 6.54 Å². The number of hydrogen-bond donors (Lipinski definition) is 3. The molecule has 1 aromatic rings. The summed E-state index contributed by atoms with van der Waals surface area (Å²) >= 11 is 0. The Balaban J connectivity index is 3.01. The highest BCUT2D eigenvalue weighted by molar-refractivity contribution is 7.89. The van der Waals surface area contributed by atoms with Crippen LogP contribution >= 0.6 is 0 Å². The number of benzene rings is 1. The van der Waals surface area contributed by atoms with E-state index in [4.69, 9.17) is 11.5 Å². The van der Waals surface area contributed by atoms with Gasteiger partial charge in [0.15, 0.2) is 0 Å². The molecule has 0 aromatic heterocycles. The molecule has 1 rings (SSSR count). The van der Waals surface area contributed by atoms with E-state index in [1.54, 1.807) is 5.32 Å². The zero-order valence-corrected chi connectivity index (χ0v) is 13.3. The van der Waals surface area contributed by atoms with Crippen molar-refractivity contribution in [3.05, 3.63) is 29.8 Å². The largest absolute Gasteiger partial charge is 0.480 e. The summed E-state index contributed by atoms with van der Waals surface area (Å²) in [7, 11) is -4.02. The molecular formula is C14H13F3N2O5S. The minimum atomic E-state index is -4.80. The fourth-order valence-corrected chi connectivity index (χ4v) is 2.68. The molecule has 0 aliphatic rings. The molecule has 136 valence electrons. The summed E-state index contributed by atoms with van der Waals surface area (Å²) in [4.78, 5) is 22.4. The zero-order valence-electron chi connectivity index (χ0n) is 12.5. The third-order valence-electron chi connectivity index (χ3n) is 2.81. The fourth-order valence-electron chi connectivity index (χ4n) is 1.70. The van der Waals surface area contributed by atoms with E-state index >= 15 is 0 Å². The molecule has 0 aliphatic carbocycles. The highest BCUT2D eigenvalue weighted by atomic mass is 32.2. The molecule has 1 atom stereocenters. The number of halogens is 3. The van der Waals surface area contributed by atoms with Crippen LogP contribution in [0.15, 0.2) is 29.2 Å². The molecular weight excluding hydrogens is 365 g/mol. The van der Waals surface area contributed by atoms with E-state index in [1.807, 2.05) is 10.6 Å². The van der Waals surface area contributed by atoms with Gasteiger partial charge in [-0.15, -0.1) is 6.42 Å². The Morgan fingerprint density at radius 3 is 2.48 bits per heavy atom. The quantitative estimate of drug-likeness (QED) is 0.606. The Bertz CT molecular complexity index is 799. The molecule has 7 nitrogen and oxygen atoms in total. The van der Waals surface area contributed by atoms with E-state index in [9.17, 15) is 31.2 Å². The molecule has 0 saturated heterocycles. The first kappa shape index (κ1) is 20.5. The summed E-state index contributed by atoms with van der Waals surface area (Å²) in [5.74, 6) is -0.982. The van der Waals surface area contributed by atoms with Crippen molar-refractivity contribution in [2.24, 2.45) is 0 Å². The van der Waals surface area contributed by atoms with Crippen LogP contribution in [0.4, 0.5) is 13.2 Å². The number of sulfonamides is 1. The third kappa shape index (κ3) is 6.44. The molecule has 0 bridgehead atoms. The summed E-state index contributed by atoms with van der Waals surface area (Å²) in [6.07, 6.45) is -1.64. The average molecular weight is 378 g/mol. The highest BCUT2D eigenvalue weighted by Crippen LogP contribution is 2.22. The van der Waals surface area contributed by atoms with Gasteiger partial charge in [0.2, 0.25) is 10.0 Å². The molecule has 0 aliphatic heterocycles. The van der Waals surface area contributed by atoms with E-state index in [2.05, 4.69) is 0 Å². The first-order chi connectivity index (χ1) is 11.5. The van der Waals surface area contributed by atoms with Crippen molar-refractivity contribution in [1.82, 2.24) is 10.0 Å². The fraction of sp³-hybridized carbons (Fsp3) is 0.286. The van der Waals surface area contributed by atoms with Gasteiger partial charge in [0.1, 0.15) is 6.04 Å². The van der Waals surface area contributed by atoms with Gasteiger partial charge in [-0.1, -0.05) is 12.0 Å². The lowest BCUT2D eigenvalue weighted by molar-refractivity contribution is -0.157. The van der Waals surface area contributed by atoms with Crippen LogP contribution < -0.4 is 10.0 Å². The Labute approximate surface area is 141 Å². The van der Waals surface area contributed by atoms with Gasteiger partial charge < -0.3 is 10.4 Å². The lowest BCUT2D eigenvalue weighted by Crippen LogP contribution is -2.43. The molecule has 11 heteroatoms. The van der Waals surface area contributed by atoms with E-state index in [-0.39, 0.29) is 17.0 Å². The van der Waals surface area contributed by atoms with Crippen molar-refractivity contribution in [3.8, 4) is 12.3 Å². The number of aliphatic carboxylic acids is 1. The first-order valence-electron chi connectivity index (χ1n) is 6.60. The van der Waals surface area contributed by atoms with Crippen molar-refractivity contribution < 1.29 is 36.3 Å². The van der Waals surface area contributed by atoms with E-state index in [0.717, 1.165) is 18.2 Å². The van der Waals surface area contributed by atoms with Crippen LogP contribution in [-0.2, 0) is 14.8 Å². The Morgan fingerprint density at radius 2 is 1.96 bits per heavy atom. The van der Waals surface area contributed by atoms with Gasteiger partial charge in [0, 0.05) is 5.56 Å². The van der Waals surface area contributed by atoms with Gasteiger partial charge in [-0.2, -0.15) is 17.9 Å². The lowest BCUT2D eigenvalue weighted by Gasteiger charge is -2.16. The molecule has 0 fully saturated rings. The van der Waals surface area contributed by atoms with Crippen LogP contribution in [0.2, 0.25) is 0 Å². The highest BCUT2D eigenvalue weighted by Gasteiger charge is 2.36. The smallest absolute Gasteiger partial charge is 0.391 e. The van der Waals surface area contributed by atoms with Crippen LogP contribution in [-0.4, -0.2) is 44.2 Å². The number of carboxylic acids is 1. The average Bonchev–Trinajstić information content (AvgIpc) is 2.51. The van der Waals surface area contributed by atoms with E-state index in [0.29, 0.717) is 0 Å². The topological polar surface area (TPSA) is 113 Å². The van der Waals surface area contributed by atoms with E-state index < -0.39 is 40.5 Å². The summed E-state index contributed by atoms with van der Waals surface area (Å²) in [5.41, 5.74) is -0.322. The Morgan fingerprint density at radius 1 is 1.32 bits per heavy atom. The predicted molar refractivity (Wildman–Crippen MR) is 80.0 cm³/mol. The number of terminal acetylenes is 1. The van der Waals surface area contributed by atoms with Gasteiger partial charge in [-0.25, -0.2) is 13.2 Å². The van der Waals surface area contributed by atoms with Crippen molar-refractivity contribution in [1.29, 1.82) is 0 Å². The number of nitrogens with one attached hydrogen (secondary N) is 2. The first-order valence-corrected chi connectivity index (χ1v) is 8.08. The van der Waals surface area contributed by atoms with Gasteiger partial charge in [0.05, 0.1) is 17.9 Å². The lowest BCUT2D eigenvalue weighted by atomic mass is 10.1. The summed E-state index contributed by atoms with van der Waals surface area (Å²) in [5, 5.41) is 10.5. The third-order valence-corrected chi connectivity index (χ3v) is 4.21. The maximum absolute atomic E-state index is 12.3. The minimum Gasteiger partial charge on any atom is -0.480 e. The molecule has 0 radical (unpaired) electrons. The van der Waals surface area contributed by atoms with Crippen LogP contribution in [0, 0.1) is 12.3 Å². The number of carboxylic acid groups (broad SMARTS) is 1. The Kier molecular flexibility index (Phi) is 6.55. The van der Waals surface area contributed by atoms with Gasteiger partial charge in [-0.05, 0) is 18.2 Å². The van der Waals surface area contributed by atoms with Crippen LogP contribution in [0.5, 0.6) is 0 Å².